The third kappa shape index (κ3) is 1.69. The van der Waals surface area contributed by atoms with Crippen molar-refractivity contribution in [2.45, 2.75) is 34.1 Å². The molecule has 0 bridgehead atoms. The molecular weight excluding hydrogens is 144 g/mol. The Kier molecular flexibility index (Phi) is 2.91. The summed E-state index contributed by atoms with van der Waals surface area (Å²) in [5, 5.41) is 0. The van der Waals surface area contributed by atoms with Gasteiger partial charge in [-0.3, -0.25) is 0 Å². The van der Waals surface area contributed by atoms with Crippen molar-refractivity contribution in [1.29, 1.82) is 0 Å². The van der Waals surface area contributed by atoms with Gasteiger partial charge >= 0.3 is 0 Å². The van der Waals surface area contributed by atoms with Gasteiger partial charge in [-0.1, -0.05) is 19.1 Å². The van der Waals surface area contributed by atoms with Crippen molar-refractivity contribution >= 4 is 0 Å². The van der Waals surface area contributed by atoms with Crippen LogP contribution >= 0.6 is 0 Å². The second-order valence-electron chi connectivity index (χ2n) is 3.35. The van der Waals surface area contributed by atoms with Crippen molar-refractivity contribution in [2.24, 2.45) is 0 Å². The Labute approximate surface area is 75.6 Å². The van der Waals surface area contributed by atoms with Gasteiger partial charge in [-0.2, -0.15) is 0 Å². The molecule has 1 radical (unpaired) electrons. The molecule has 1 rings (SSSR count). The fraction of sp³-hybridized carbons (Fsp3) is 0.417. The van der Waals surface area contributed by atoms with E-state index < -0.39 is 0 Å². The fourth-order valence-electron chi connectivity index (χ4n) is 1.49. The molecule has 0 heterocycles. The Morgan fingerprint density at radius 1 is 1.08 bits per heavy atom. The van der Waals surface area contributed by atoms with Gasteiger partial charge in [0.25, 0.3) is 0 Å². The lowest BCUT2D eigenvalue weighted by molar-refractivity contribution is 1.08. The van der Waals surface area contributed by atoms with Crippen molar-refractivity contribution in [3.05, 3.63) is 40.8 Å². The first-order valence-electron chi connectivity index (χ1n) is 4.56. The Balaban J connectivity index is 3.14. The highest BCUT2D eigenvalue weighted by atomic mass is 14.1. The lowest BCUT2D eigenvalue weighted by atomic mass is 9.95. The third-order valence-electron chi connectivity index (χ3n) is 2.41. The molecule has 0 heteroatoms. The van der Waals surface area contributed by atoms with Gasteiger partial charge in [0.05, 0.1) is 0 Å². The van der Waals surface area contributed by atoms with Gasteiger partial charge in [-0.25, -0.2) is 0 Å². The van der Waals surface area contributed by atoms with Gasteiger partial charge in [0, 0.05) is 0 Å². The van der Waals surface area contributed by atoms with Crippen LogP contribution in [0.2, 0.25) is 0 Å². The normalized spacial score (nSPS) is 10.3. The molecule has 0 aromatic heterocycles. The smallest absolute Gasteiger partial charge is 0.00903 e. The standard InChI is InChI=1S/C12H17/c1-5-6-12-10(3)8-7-9(2)11(12)4/h6-8H,5H2,1-4H3. The number of benzene rings is 1. The Hall–Kier alpha value is -0.780. The Morgan fingerprint density at radius 3 is 2.25 bits per heavy atom. The van der Waals surface area contributed by atoms with Crippen LogP contribution in [0.4, 0.5) is 0 Å². The van der Waals surface area contributed by atoms with Crippen LogP contribution < -0.4 is 0 Å². The van der Waals surface area contributed by atoms with Crippen LogP contribution in [0.3, 0.4) is 0 Å². The zero-order valence-electron chi connectivity index (χ0n) is 8.44. The van der Waals surface area contributed by atoms with Gasteiger partial charge in [-0.05, 0) is 55.9 Å². The summed E-state index contributed by atoms with van der Waals surface area (Å²) in [6.45, 7) is 8.72. The maximum Gasteiger partial charge on any atom is -0.00903 e. The van der Waals surface area contributed by atoms with E-state index in [1.165, 1.54) is 22.3 Å². The maximum absolute atomic E-state index is 2.30. The van der Waals surface area contributed by atoms with Crippen molar-refractivity contribution in [3.63, 3.8) is 0 Å². The molecule has 0 N–H and O–H groups in total. The number of hydrogen-bond donors (Lipinski definition) is 0. The largest absolute Gasteiger partial charge is 0.0648 e. The highest BCUT2D eigenvalue weighted by Crippen LogP contribution is 2.19. The zero-order chi connectivity index (χ0) is 9.14. The molecule has 0 aliphatic heterocycles. The minimum atomic E-state index is 1.12. The summed E-state index contributed by atoms with van der Waals surface area (Å²) in [4.78, 5) is 0. The molecule has 0 amide bonds. The predicted octanol–water partition coefficient (Wildman–Crippen LogP) is 3.57. The van der Waals surface area contributed by atoms with E-state index in [-0.39, 0.29) is 0 Å². The Bertz CT molecular complexity index is 272. The average Bonchev–Trinajstić information content (AvgIpc) is 2.06. The maximum atomic E-state index is 2.30. The van der Waals surface area contributed by atoms with Crippen molar-refractivity contribution in [3.8, 4) is 0 Å². The molecule has 0 spiro atoms. The van der Waals surface area contributed by atoms with Gasteiger partial charge in [0.15, 0.2) is 0 Å². The second-order valence-corrected chi connectivity index (χ2v) is 3.35. The summed E-state index contributed by atoms with van der Waals surface area (Å²) in [5.41, 5.74) is 5.63. The lowest BCUT2D eigenvalue weighted by Gasteiger charge is -2.10. The van der Waals surface area contributed by atoms with E-state index in [2.05, 4.69) is 46.2 Å². The first-order valence-corrected chi connectivity index (χ1v) is 4.56. The number of aryl methyl sites for hydroxylation is 2. The van der Waals surface area contributed by atoms with Crippen molar-refractivity contribution < 1.29 is 0 Å². The monoisotopic (exact) mass is 161 g/mol. The molecule has 0 atom stereocenters. The topological polar surface area (TPSA) is 0 Å². The summed E-state index contributed by atoms with van der Waals surface area (Å²) < 4.78 is 0. The molecule has 1 aromatic rings. The molecule has 0 fully saturated rings. The van der Waals surface area contributed by atoms with Gasteiger partial charge in [0.1, 0.15) is 0 Å². The molecule has 0 saturated carbocycles. The summed E-state index contributed by atoms with van der Waals surface area (Å²) >= 11 is 0. The fourth-order valence-corrected chi connectivity index (χ4v) is 1.49. The van der Waals surface area contributed by atoms with Crippen LogP contribution in [-0.4, -0.2) is 0 Å². The summed E-state index contributed by atoms with van der Waals surface area (Å²) in [7, 11) is 0. The number of hydrogen-bond acceptors (Lipinski definition) is 0. The second kappa shape index (κ2) is 3.75. The molecule has 65 valence electrons. The quantitative estimate of drug-likeness (QED) is 0.622. The summed E-state index contributed by atoms with van der Waals surface area (Å²) in [5.74, 6) is 0. The van der Waals surface area contributed by atoms with Gasteiger partial charge < -0.3 is 0 Å². The summed E-state index contributed by atoms with van der Waals surface area (Å²) in [6, 6.07) is 4.39. The van der Waals surface area contributed by atoms with Gasteiger partial charge in [-0.15, -0.1) is 0 Å². The van der Waals surface area contributed by atoms with Crippen LogP contribution in [0.25, 0.3) is 0 Å². The van der Waals surface area contributed by atoms with E-state index >= 15 is 0 Å². The van der Waals surface area contributed by atoms with Crippen molar-refractivity contribution in [2.75, 3.05) is 0 Å². The van der Waals surface area contributed by atoms with Crippen LogP contribution in [0.15, 0.2) is 12.1 Å². The van der Waals surface area contributed by atoms with Crippen LogP contribution in [0, 0.1) is 27.2 Å². The summed E-state index contributed by atoms with van der Waals surface area (Å²) in [6.07, 6.45) is 3.42. The lowest BCUT2D eigenvalue weighted by Crippen LogP contribution is -1.93. The molecule has 12 heavy (non-hydrogen) atoms. The average molecular weight is 161 g/mol. The SMILES string of the molecule is CC[CH]c1c(C)ccc(C)c1C. The van der Waals surface area contributed by atoms with E-state index in [9.17, 15) is 0 Å². The van der Waals surface area contributed by atoms with E-state index in [1.54, 1.807) is 0 Å². The highest BCUT2D eigenvalue weighted by molar-refractivity contribution is 5.43. The molecule has 0 saturated heterocycles. The van der Waals surface area contributed by atoms with E-state index in [1.807, 2.05) is 0 Å². The molecule has 0 aliphatic rings. The molecule has 1 aromatic carbocycles. The molecular formula is C12H17. The van der Waals surface area contributed by atoms with E-state index in [0.29, 0.717) is 0 Å². The molecule has 0 unspecified atom stereocenters. The minimum absolute atomic E-state index is 1.12. The first-order chi connectivity index (χ1) is 5.66. The first kappa shape index (κ1) is 9.31. The molecule has 0 aliphatic carbocycles. The number of rotatable bonds is 2. The van der Waals surface area contributed by atoms with Crippen LogP contribution in [0.1, 0.15) is 35.6 Å². The van der Waals surface area contributed by atoms with Gasteiger partial charge in [0.2, 0.25) is 0 Å². The van der Waals surface area contributed by atoms with Crippen LogP contribution in [0.5, 0.6) is 0 Å². The van der Waals surface area contributed by atoms with Crippen LogP contribution in [-0.2, 0) is 0 Å². The predicted molar refractivity (Wildman–Crippen MR) is 54.3 cm³/mol. The Morgan fingerprint density at radius 2 is 1.67 bits per heavy atom. The third-order valence-corrected chi connectivity index (χ3v) is 2.41. The van der Waals surface area contributed by atoms with Crippen molar-refractivity contribution in [1.82, 2.24) is 0 Å². The van der Waals surface area contributed by atoms with E-state index in [0.717, 1.165) is 6.42 Å². The highest BCUT2D eigenvalue weighted by Gasteiger charge is 2.03. The van der Waals surface area contributed by atoms with E-state index in [4.69, 9.17) is 0 Å². The molecule has 0 nitrogen and oxygen atoms in total. The zero-order valence-corrected chi connectivity index (χ0v) is 8.44. The minimum Gasteiger partial charge on any atom is -0.0648 e.